The molecule has 0 aliphatic rings. The minimum atomic E-state index is -1.13. The van der Waals surface area contributed by atoms with Crippen LogP contribution in [0.15, 0.2) is 36.9 Å². The van der Waals surface area contributed by atoms with E-state index in [9.17, 15) is 14.4 Å². The highest BCUT2D eigenvalue weighted by atomic mass is 16.4. The maximum absolute atomic E-state index is 12.1. The topological polar surface area (TPSA) is 95.5 Å². The molecule has 0 saturated carbocycles. The van der Waals surface area contributed by atoms with Gasteiger partial charge in [-0.05, 0) is 18.9 Å². The summed E-state index contributed by atoms with van der Waals surface area (Å²) < 4.78 is 0. The lowest BCUT2D eigenvalue weighted by Crippen LogP contribution is -2.49. The van der Waals surface area contributed by atoms with Gasteiger partial charge in [0.2, 0.25) is 11.8 Å². The molecule has 0 aliphatic carbocycles. The second kappa shape index (κ2) is 9.40. The summed E-state index contributed by atoms with van der Waals surface area (Å²) in [5.41, 5.74) is 1.98. The number of aliphatic carboxylic acids is 1. The second-order valence-electron chi connectivity index (χ2n) is 5.25. The van der Waals surface area contributed by atoms with Crippen LogP contribution >= 0.6 is 0 Å². The Hall–Kier alpha value is -2.63. The number of amides is 2. The van der Waals surface area contributed by atoms with Gasteiger partial charge in [0.15, 0.2) is 0 Å². The first-order valence-corrected chi connectivity index (χ1v) is 7.37. The number of aryl methyl sites for hydroxylation is 1. The predicted octanol–water partition coefficient (Wildman–Crippen LogP) is 1.19. The molecule has 6 heteroatoms. The molecule has 124 valence electrons. The molecule has 0 aliphatic heterocycles. The minimum Gasteiger partial charge on any atom is -0.480 e. The van der Waals surface area contributed by atoms with Gasteiger partial charge in [-0.3, -0.25) is 14.4 Å². The number of rotatable bonds is 9. The van der Waals surface area contributed by atoms with Crippen LogP contribution in [0.2, 0.25) is 0 Å². The third kappa shape index (κ3) is 7.26. The van der Waals surface area contributed by atoms with Crippen LogP contribution in [0, 0.1) is 6.92 Å². The number of carboxylic acids is 1. The zero-order chi connectivity index (χ0) is 17.2. The monoisotopic (exact) mass is 318 g/mol. The molecule has 0 unspecified atom stereocenters. The van der Waals surface area contributed by atoms with Crippen LogP contribution in [-0.4, -0.2) is 35.5 Å². The fraction of sp³-hybridized carbons (Fsp3) is 0.353. The van der Waals surface area contributed by atoms with Gasteiger partial charge in [-0.1, -0.05) is 35.9 Å². The summed E-state index contributed by atoms with van der Waals surface area (Å²) in [5, 5.41) is 13.6. The van der Waals surface area contributed by atoms with E-state index in [4.69, 9.17) is 5.11 Å². The Kier molecular flexibility index (Phi) is 7.53. The Labute approximate surface area is 135 Å². The van der Waals surface area contributed by atoms with Crippen molar-refractivity contribution in [3.05, 3.63) is 48.0 Å². The zero-order valence-corrected chi connectivity index (χ0v) is 13.2. The van der Waals surface area contributed by atoms with Crippen molar-refractivity contribution in [2.75, 3.05) is 6.54 Å². The van der Waals surface area contributed by atoms with Crippen LogP contribution in [0.3, 0.4) is 0 Å². The molecule has 23 heavy (non-hydrogen) atoms. The molecule has 1 aromatic carbocycles. The van der Waals surface area contributed by atoms with Gasteiger partial charge >= 0.3 is 5.97 Å². The number of carbonyl (C=O) groups is 3. The lowest BCUT2D eigenvalue weighted by Gasteiger charge is -2.18. The Morgan fingerprint density at radius 2 is 1.91 bits per heavy atom. The SMILES string of the molecule is C=CCCC(=O)N[C@@H](Cc1ccc(C)cc1)C(=O)NCC(=O)O. The number of nitrogens with one attached hydrogen (secondary N) is 2. The fourth-order valence-corrected chi connectivity index (χ4v) is 1.95. The van der Waals surface area contributed by atoms with Gasteiger partial charge in [0.1, 0.15) is 12.6 Å². The first-order valence-electron chi connectivity index (χ1n) is 7.37. The lowest BCUT2D eigenvalue weighted by molar-refractivity contribution is -0.138. The molecule has 0 saturated heterocycles. The van der Waals surface area contributed by atoms with Crippen molar-refractivity contribution >= 4 is 17.8 Å². The van der Waals surface area contributed by atoms with Crippen molar-refractivity contribution < 1.29 is 19.5 Å². The van der Waals surface area contributed by atoms with Crippen molar-refractivity contribution in [2.45, 2.75) is 32.2 Å². The van der Waals surface area contributed by atoms with E-state index >= 15 is 0 Å². The van der Waals surface area contributed by atoms with Crippen LogP contribution in [0.25, 0.3) is 0 Å². The van der Waals surface area contributed by atoms with Gasteiger partial charge in [-0.15, -0.1) is 6.58 Å². The Balaban J connectivity index is 2.75. The first kappa shape index (κ1) is 18.4. The third-order valence-electron chi connectivity index (χ3n) is 3.20. The molecule has 0 spiro atoms. The van der Waals surface area contributed by atoms with Gasteiger partial charge in [0.25, 0.3) is 0 Å². The molecular weight excluding hydrogens is 296 g/mol. The van der Waals surface area contributed by atoms with E-state index in [-0.39, 0.29) is 12.3 Å². The van der Waals surface area contributed by atoms with Crippen LogP contribution in [0.4, 0.5) is 0 Å². The van der Waals surface area contributed by atoms with Crippen molar-refractivity contribution in [2.24, 2.45) is 0 Å². The normalized spacial score (nSPS) is 11.3. The maximum Gasteiger partial charge on any atom is 0.322 e. The zero-order valence-electron chi connectivity index (χ0n) is 13.2. The summed E-state index contributed by atoms with van der Waals surface area (Å²) in [6.45, 7) is 5.02. The smallest absolute Gasteiger partial charge is 0.322 e. The summed E-state index contributed by atoms with van der Waals surface area (Å²) in [6.07, 6.45) is 2.67. The third-order valence-corrected chi connectivity index (χ3v) is 3.20. The molecule has 0 bridgehead atoms. The van der Waals surface area contributed by atoms with Gasteiger partial charge < -0.3 is 15.7 Å². The molecule has 6 nitrogen and oxygen atoms in total. The van der Waals surface area contributed by atoms with Gasteiger partial charge in [0, 0.05) is 12.8 Å². The molecule has 1 rings (SSSR count). The summed E-state index contributed by atoms with van der Waals surface area (Å²) >= 11 is 0. The Morgan fingerprint density at radius 1 is 1.26 bits per heavy atom. The van der Waals surface area contributed by atoms with Crippen LogP contribution in [0.5, 0.6) is 0 Å². The van der Waals surface area contributed by atoms with Gasteiger partial charge in [-0.2, -0.15) is 0 Å². The summed E-state index contributed by atoms with van der Waals surface area (Å²) in [5.74, 6) is -1.92. The number of benzene rings is 1. The number of hydrogen-bond acceptors (Lipinski definition) is 3. The van der Waals surface area contributed by atoms with Gasteiger partial charge in [0.05, 0.1) is 0 Å². The summed E-state index contributed by atoms with van der Waals surface area (Å²) in [4.78, 5) is 34.5. The average molecular weight is 318 g/mol. The van der Waals surface area contributed by atoms with E-state index in [1.54, 1.807) is 6.08 Å². The van der Waals surface area contributed by atoms with Crippen LogP contribution < -0.4 is 10.6 Å². The number of carboxylic acid groups (broad SMARTS) is 1. The van der Waals surface area contributed by atoms with E-state index in [0.29, 0.717) is 12.8 Å². The molecule has 2 amide bonds. The van der Waals surface area contributed by atoms with E-state index in [0.717, 1.165) is 11.1 Å². The van der Waals surface area contributed by atoms with Crippen molar-refractivity contribution in [3.8, 4) is 0 Å². The minimum absolute atomic E-state index is 0.236. The van der Waals surface area contributed by atoms with E-state index in [1.807, 2.05) is 31.2 Å². The molecule has 0 radical (unpaired) electrons. The lowest BCUT2D eigenvalue weighted by atomic mass is 10.0. The highest BCUT2D eigenvalue weighted by molar-refractivity contribution is 5.89. The molecule has 1 aromatic rings. The average Bonchev–Trinajstić information content (AvgIpc) is 2.52. The predicted molar refractivity (Wildman–Crippen MR) is 86.9 cm³/mol. The molecule has 0 aromatic heterocycles. The largest absolute Gasteiger partial charge is 0.480 e. The van der Waals surface area contributed by atoms with Crippen LogP contribution in [0.1, 0.15) is 24.0 Å². The van der Waals surface area contributed by atoms with E-state index < -0.39 is 24.5 Å². The standard InChI is InChI=1S/C17H22N2O4/c1-3-4-5-15(20)19-14(17(23)18-11-16(21)22)10-13-8-6-12(2)7-9-13/h3,6-9,14H,1,4-5,10-11H2,2H3,(H,18,23)(H,19,20)(H,21,22)/t14-/m0/s1. The highest BCUT2D eigenvalue weighted by Crippen LogP contribution is 2.07. The van der Waals surface area contributed by atoms with E-state index in [1.165, 1.54) is 0 Å². The molecule has 0 fully saturated rings. The number of hydrogen-bond donors (Lipinski definition) is 3. The number of carbonyl (C=O) groups excluding carboxylic acids is 2. The first-order chi connectivity index (χ1) is 10.9. The van der Waals surface area contributed by atoms with Crippen LogP contribution in [-0.2, 0) is 20.8 Å². The van der Waals surface area contributed by atoms with E-state index in [2.05, 4.69) is 17.2 Å². The van der Waals surface area contributed by atoms with Crippen molar-refractivity contribution in [1.82, 2.24) is 10.6 Å². The quantitative estimate of drug-likeness (QED) is 0.596. The fourth-order valence-electron chi connectivity index (χ4n) is 1.95. The number of allylic oxidation sites excluding steroid dienone is 1. The molecule has 3 N–H and O–H groups in total. The van der Waals surface area contributed by atoms with Crippen molar-refractivity contribution in [3.63, 3.8) is 0 Å². The van der Waals surface area contributed by atoms with Crippen molar-refractivity contribution in [1.29, 1.82) is 0 Å². The second-order valence-corrected chi connectivity index (χ2v) is 5.25. The Bertz CT molecular complexity index is 566. The summed E-state index contributed by atoms with van der Waals surface area (Å²) in [6, 6.07) is 6.78. The summed E-state index contributed by atoms with van der Waals surface area (Å²) in [7, 11) is 0. The Morgan fingerprint density at radius 3 is 2.48 bits per heavy atom. The highest BCUT2D eigenvalue weighted by Gasteiger charge is 2.21. The molecule has 1 atom stereocenters. The molecule has 0 heterocycles. The van der Waals surface area contributed by atoms with Gasteiger partial charge in [-0.25, -0.2) is 0 Å². The maximum atomic E-state index is 12.1. The molecular formula is C17H22N2O4.